The van der Waals surface area contributed by atoms with E-state index in [1.165, 1.54) is 12.1 Å². The van der Waals surface area contributed by atoms with E-state index in [0.29, 0.717) is 25.3 Å². The minimum Gasteiger partial charge on any atom is -0.391 e. The third-order valence-electron chi connectivity index (χ3n) is 3.73. The third-order valence-corrected chi connectivity index (χ3v) is 4.02. The number of hydrogen-bond donors (Lipinski definition) is 3. The fourth-order valence-corrected chi connectivity index (χ4v) is 2.62. The average Bonchev–Trinajstić information content (AvgIpc) is 3.12. The Morgan fingerprint density at radius 1 is 1.43 bits per heavy atom. The molecule has 1 fully saturated rings. The predicted octanol–water partition coefficient (Wildman–Crippen LogP) is 1.15. The van der Waals surface area contributed by atoms with Crippen molar-refractivity contribution in [2.75, 3.05) is 19.6 Å². The lowest BCUT2D eigenvalue weighted by molar-refractivity contribution is 0.146. The number of rotatable bonds is 5. The van der Waals surface area contributed by atoms with Gasteiger partial charge < -0.3 is 15.7 Å². The van der Waals surface area contributed by atoms with Crippen LogP contribution < -0.4 is 10.6 Å². The van der Waals surface area contributed by atoms with Crippen LogP contribution in [0.1, 0.15) is 5.69 Å². The lowest BCUT2D eigenvalue weighted by Gasteiger charge is -2.13. The minimum absolute atomic E-state index is 0. The van der Waals surface area contributed by atoms with Gasteiger partial charge in [-0.05, 0) is 18.2 Å². The van der Waals surface area contributed by atoms with Crippen LogP contribution in [0.5, 0.6) is 0 Å². The van der Waals surface area contributed by atoms with Gasteiger partial charge in [0.05, 0.1) is 28.7 Å². The van der Waals surface area contributed by atoms with Gasteiger partial charge in [0.25, 0.3) is 0 Å². The van der Waals surface area contributed by atoms with Crippen molar-refractivity contribution in [2.45, 2.75) is 12.6 Å². The number of nitrogens with zero attached hydrogens (tertiary/aromatic N) is 3. The van der Waals surface area contributed by atoms with Crippen molar-refractivity contribution in [1.82, 2.24) is 25.6 Å². The maximum absolute atomic E-state index is 13.2. The second-order valence-electron chi connectivity index (χ2n) is 5.37. The maximum atomic E-state index is 13.2. The number of β-amino-alcohol motifs (C(OH)–C–C–N with tert-alkyl or cyclic N) is 1. The zero-order valence-corrected chi connectivity index (χ0v) is 13.8. The van der Waals surface area contributed by atoms with Gasteiger partial charge in [0.15, 0.2) is 0 Å². The highest BCUT2D eigenvalue weighted by Gasteiger charge is 2.24. The van der Waals surface area contributed by atoms with Crippen LogP contribution in [0.4, 0.5) is 4.39 Å². The molecule has 3 rings (SSSR count). The summed E-state index contributed by atoms with van der Waals surface area (Å²) in [7, 11) is 0. The van der Waals surface area contributed by atoms with E-state index >= 15 is 0 Å². The second kappa shape index (κ2) is 8.03. The van der Waals surface area contributed by atoms with Crippen molar-refractivity contribution in [3.05, 3.63) is 40.9 Å². The van der Waals surface area contributed by atoms with Crippen LogP contribution in [0.25, 0.3) is 5.69 Å². The fraction of sp³-hybridized carbons (Fsp3) is 0.429. The van der Waals surface area contributed by atoms with E-state index in [1.807, 2.05) is 0 Å². The van der Waals surface area contributed by atoms with Crippen molar-refractivity contribution in [3.8, 4) is 5.69 Å². The molecule has 0 amide bonds. The van der Waals surface area contributed by atoms with E-state index in [9.17, 15) is 9.50 Å². The van der Waals surface area contributed by atoms with Crippen LogP contribution in [0.15, 0.2) is 24.4 Å². The molecule has 0 spiro atoms. The Balaban J connectivity index is 0.00000192. The number of nitrogens with one attached hydrogen (secondary N) is 2. The molecular formula is C14H18Cl2FN5O. The molecule has 23 heavy (non-hydrogen) atoms. The summed E-state index contributed by atoms with van der Waals surface area (Å²) in [5.41, 5.74) is 1.42. The first-order valence-corrected chi connectivity index (χ1v) is 7.47. The zero-order chi connectivity index (χ0) is 15.5. The summed E-state index contributed by atoms with van der Waals surface area (Å²) in [5.74, 6) is -0.248. The van der Waals surface area contributed by atoms with Crippen LogP contribution in [0, 0.1) is 11.7 Å². The van der Waals surface area contributed by atoms with Gasteiger partial charge in [-0.1, -0.05) is 16.8 Å². The van der Waals surface area contributed by atoms with Crippen LogP contribution in [-0.4, -0.2) is 45.8 Å². The molecule has 1 aromatic carbocycles. The van der Waals surface area contributed by atoms with E-state index in [0.717, 1.165) is 12.2 Å². The first-order valence-electron chi connectivity index (χ1n) is 7.09. The van der Waals surface area contributed by atoms with Crippen LogP contribution in [0.2, 0.25) is 5.02 Å². The molecule has 0 saturated carbocycles. The fourth-order valence-electron chi connectivity index (χ4n) is 2.45. The Labute approximate surface area is 144 Å². The van der Waals surface area contributed by atoms with Gasteiger partial charge in [-0.15, -0.1) is 17.5 Å². The topological polar surface area (TPSA) is 75.0 Å². The lowest BCUT2D eigenvalue weighted by atomic mass is 10.1. The van der Waals surface area contributed by atoms with Crippen molar-refractivity contribution in [1.29, 1.82) is 0 Å². The third kappa shape index (κ3) is 4.39. The highest BCUT2D eigenvalue weighted by atomic mass is 35.5. The average molecular weight is 362 g/mol. The summed E-state index contributed by atoms with van der Waals surface area (Å²) in [6.07, 6.45) is 1.46. The number of halogens is 3. The van der Waals surface area contributed by atoms with E-state index in [2.05, 4.69) is 20.9 Å². The van der Waals surface area contributed by atoms with Crippen LogP contribution in [0.3, 0.4) is 0 Å². The molecule has 9 heteroatoms. The Kier molecular flexibility index (Phi) is 6.32. The van der Waals surface area contributed by atoms with Crippen LogP contribution in [-0.2, 0) is 6.54 Å². The number of aliphatic hydroxyl groups is 1. The van der Waals surface area contributed by atoms with Crippen molar-refractivity contribution in [3.63, 3.8) is 0 Å². The number of aliphatic hydroxyl groups excluding tert-OH is 1. The Bertz CT molecular complexity index is 654. The summed E-state index contributed by atoms with van der Waals surface area (Å²) in [6, 6.07) is 4.39. The van der Waals surface area contributed by atoms with Gasteiger partial charge in [0.2, 0.25) is 0 Å². The number of benzene rings is 1. The smallest absolute Gasteiger partial charge is 0.141 e. The van der Waals surface area contributed by atoms with Crippen molar-refractivity contribution in [2.24, 2.45) is 5.92 Å². The molecule has 2 heterocycles. The molecule has 3 N–H and O–H groups in total. The molecular weight excluding hydrogens is 344 g/mol. The maximum Gasteiger partial charge on any atom is 0.141 e. The van der Waals surface area contributed by atoms with E-state index in [-0.39, 0.29) is 29.5 Å². The van der Waals surface area contributed by atoms with Crippen molar-refractivity contribution < 1.29 is 9.50 Å². The molecule has 1 aliphatic heterocycles. The van der Waals surface area contributed by atoms with Gasteiger partial charge in [0.1, 0.15) is 5.82 Å². The molecule has 0 radical (unpaired) electrons. The Morgan fingerprint density at radius 2 is 2.26 bits per heavy atom. The largest absolute Gasteiger partial charge is 0.391 e. The van der Waals surface area contributed by atoms with E-state index < -0.39 is 5.82 Å². The number of hydrogen-bond acceptors (Lipinski definition) is 5. The van der Waals surface area contributed by atoms with Gasteiger partial charge in [-0.25, -0.2) is 9.07 Å². The van der Waals surface area contributed by atoms with Gasteiger partial charge >= 0.3 is 0 Å². The Hall–Kier alpha value is -1.25. The van der Waals surface area contributed by atoms with Crippen LogP contribution >= 0.6 is 24.0 Å². The summed E-state index contributed by atoms with van der Waals surface area (Å²) in [6.45, 7) is 2.73. The standard InChI is InChI=1S/C14H17ClFN5O.ClH/c15-12-3-11(1-2-13(12)16)21-8-10(19-20-21)6-17-4-9-5-18-7-14(9)22;/h1-3,8-9,14,17-18,22H,4-7H2;1H. The summed E-state index contributed by atoms with van der Waals surface area (Å²) in [4.78, 5) is 0. The SMILES string of the molecule is Cl.OC1CNCC1CNCc1cn(-c2ccc(F)c(Cl)c2)nn1. The second-order valence-corrected chi connectivity index (χ2v) is 5.78. The molecule has 1 aliphatic rings. The molecule has 126 valence electrons. The van der Waals surface area contributed by atoms with Gasteiger partial charge in [-0.2, -0.15) is 0 Å². The molecule has 2 atom stereocenters. The quantitative estimate of drug-likeness (QED) is 0.744. The van der Waals surface area contributed by atoms with E-state index in [4.69, 9.17) is 11.6 Å². The van der Waals surface area contributed by atoms with Gasteiger partial charge in [0, 0.05) is 32.1 Å². The van der Waals surface area contributed by atoms with E-state index in [1.54, 1.807) is 16.9 Å². The monoisotopic (exact) mass is 361 g/mol. The number of aromatic nitrogens is 3. The zero-order valence-electron chi connectivity index (χ0n) is 12.2. The summed E-state index contributed by atoms with van der Waals surface area (Å²) < 4.78 is 14.7. The highest BCUT2D eigenvalue weighted by Crippen LogP contribution is 2.18. The highest BCUT2D eigenvalue weighted by molar-refractivity contribution is 6.30. The lowest BCUT2D eigenvalue weighted by Crippen LogP contribution is -2.30. The Morgan fingerprint density at radius 3 is 2.96 bits per heavy atom. The van der Waals surface area contributed by atoms with Crippen molar-refractivity contribution >= 4 is 24.0 Å². The van der Waals surface area contributed by atoms with Gasteiger partial charge in [-0.3, -0.25) is 0 Å². The minimum atomic E-state index is -0.462. The molecule has 1 aromatic heterocycles. The summed E-state index contributed by atoms with van der Waals surface area (Å²) in [5, 5.41) is 24.2. The predicted molar refractivity (Wildman–Crippen MR) is 87.6 cm³/mol. The first-order chi connectivity index (χ1) is 10.6. The molecule has 2 unspecified atom stereocenters. The molecule has 0 aliphatic carbocycles. The first kappa shape index (κ1) is 18.1. The molecule has 6 nitrogen and oxygen atoms in total. The molecule has 0 bridgehead atoms. The normalized spacial score (nSPS) is 20.5. The molecule has 1 saturated heterocycles. The molecule has 2 aromatic rings. The summed E-state index contributed by atoms with van der Waals surface area (Å²) >= 11 is 5.76.